The van der Waals surface area contributed by atoms with Crippen molar-refractivity contribution in [3.63, 3.8) is 0 Å². The Labute approximate surface area is 120 Å². The van der Waals surface area contributed by atoms with E-state index in [1.54, 1.807) is 0 Å². The molecule has 1 aromatic rings. The minimum Gasteiger partial charge on any atom is -0.463 e. The van der Waals surface area contributed by atoms with Gasteiger partial charge in [-0.15, -0.1) is 0 Å². The molecule has 0 saturated carbocycles. The molecule has 0 bridgehead atoms. The number of hydrogen-bond acceptors (Lipinski definition) is 7. The van der Waals surface area contributed by atoms with Crippen LogP contribution in [0.4, 0.5) is 11.9 Å². The van der Waals surface area contributed by atoms with Crippen LogP contribution in [0.5, 0.6) is 6.01 Å². The Morgan fingerprint density at radius 1 is 1.20 bits per heavy atom. The molecule has 7 nitrogen and oxygen atoms in total. The van der Waals surface area contributed by atoms with Gasteiger partial charge in [0.05, 0.1) is 6.61 Å². The minimum atomic E-state index is 0.154. The second-order valence-electron chi connectivity index (χ2n) is 4.28. The van der Waals surface area contributed by atoms with Gasteiger partial charge in [0.25, 0.3) is 0 Å². The van der Waals surface area contributed by atoms with Crippen LogP contribution in [-0.2, 0) is 0 Å². The fourth-order valence-corrected chi connectivity index (χ4v) is 1.64. The van der Waals surface area contributed by atoms with E-state index >= 15 is 0 Å². The smallest absolute Gasteiger partial charge is 0.323 e. The second kappa shape index (κ2) is 9.30. The summed E-state index contributed by atoms with van der Waals surface area (Å²) >= 11 is 0. The first kappa shape index (κ1) is 16.4. The average molecular weight is 283 g/mol. The lowest BCUT2D eigenvalue weighted by molar-refractivity contribution is 0.287. The molecule has 0 amide bonds. The largest absolute Gasteiger partial charge is 0.463 e. The van der Waals surface area contributed by atoms with Crippen molar-refractivity contribution < 1.29 is 9.84 Å². The van der Waals surface area contributed by atoms with Crippen LogP contribution in [0.15, 0.2) is 0 Å². The Kier molecular flexibility index (Phi) is 7.64. The van der Waals surface area contributed by atoms with Gasteiger partial charge in [-0.1, -0.05) is 6.92 Å². The minimum absolute atomic E-state index is 0.154. The third-order valence-electron chi connectivity index (χ3n) is 2.62. The lowest BCUT2D eigenvalue weighted by atomic mass is 10.4. The lowest BCUT2D eigenvalue weighted by Gasteiger charge is -2.21. The molecule has 0 unspecified atom stereocenters. The van der Waals surface area contributed by atoms with Gasteiger partial charge in [-0.05, 0) is 26.7 Å². The van der Waals surface area contributed by atoms with Crippen LogP contribution >= 0.6 is 0 Å². The molecule has 7 heteroatoms. The molecule has 0 saturated heterocycles. The monoisotopic (exact) mass is 283 g/mol. The maximum Gasteiger partial charge on any atom is 0.323 e. The van der Waals surface area contributed by atoms with Crippen molar-refractivity contribution in [1.82, 2.24) is 15.0 Å². The number of ether oxygens (including phenoxy) is 1. The van der Waals surface area contributed by atoms with E-state index in [0.717, 1.165) is 19.5 Å². The van der Waals surface area contributed by atoms with Crippen LogP contribution < -0.4 is 15.0 Å². The summed E-state index contributed by atoms with van der Waals surface area (Å²) in [7, 11) is 0. The normalized spacial score (nSPS) is 10.4. The molecule has 1 rings (SSSR count). The van der Waals surface area contributed by atoms with Gasteiger partial charge in [0.15, 0.2) is 0 Å². The van der Waals surface area contributed by atoms with E-state index in [4.69, 9.17) is 9.84 Å². The zero-order valence-corrected chi connectivity index (χ0v) is 12.6. The number of hydrogen-bond donors (Lipinski definition) is 2. The van der Waals surface area contributed by atoms with Gasteiger partial charge in [0, 0.05) is 26.2 Å². The highest BCUT2D eigenvalue weighted by Crippen LogP contribution is 2.15. The number of aliphatic hydroxyl groups excluding tert-OH is 1. The van der Waals surface area contributed by atoms with Gasteiger partial charge in [-0.3, -0.25) is 0 Å². The summed E-state index contributed by atoms with van der Waals surface area (Å²) in [6, 6.07) is 0.343. The summed E-state index contributed by atoms with van der Waals surface area (Å²) in [5, 5.41) is 12.0. The highest BCUT2D eigenvalue weighted by Gasteiger charge is 2.12. The van der Waals surface area contributed by atoms with Crippen LogP contribution in [0.25, 0.3) is 0 Å². The second-order valence-corrected chi connectivity index (χ2v) is 4.28. The fourth-order valence-electron chi connectivity index (χ4n) is 1.64. The number of anilines is 2. The van der Waals surface area contributed by atoms with Crippen molar-refractivity contribution in [3.8, 4) is 6.01 Å². The van der Waals surface area contributed by atoms with Crippen molar-refractivity contribution in [1.29, 1.82) is 0 Å². The quantitative estimate of drug-likeness (QED) is 0.669. The zero-order valence-electron chi connectivity index (χ0n) is 12.6. The maximum atomic E-state index is 8.95. The molecule has 1 heterocycles. The highest BCUT2D eigenvalue weighted by atomic mass is 16.5. The van der Waals surface area contributed by atoms with E-state index in [1.165, 1.54) is 0 Å². The Morgan fingerprint density at radius 2 is 2.00 bits per heavy atom. The van der Waals surface area contributed by atoms with E-state index in [1.807, 2.05) is 25.7 Å². The molecular weight excluding hydrogens is 258 g/mol. The average Bonchev–Trinajstić information content (AvgIpc) is 2.46. The van der Waals surface area contributed by atoms with E-state index in [-0.39, 0.29) is 6.61 Å². The third kappa shape index (κ3) is 5.16. The lowest BCUT2D eigenvalue weighted by Crippen LogP contribution is -2.27. The summed E-state index contributed by atoms with van der Waals surface area (Å²) in [6.07, 6.45) is 1.58. The molecule has 0 aromatic carbocycles. The van der Waals surface area contributed by atoms with Crippen molar-refractivity contribution in [2.45, 2.75) is 33.6 Å². The number of nitrogens with one attached hydrogen (secondary N) is 1. The van der Waals surface area contributed by atoms with Gasteiger partial charge in [0.2, 0.25) is 11.9 Å². The van der Waals surface area contributed by atoms with Crippen molar-refractivity contribution >= 4 is 11.9 Å². The number of rotatable bonds is 10. The van der Waals surface area contributed by atoms with Crippen LogP contribution in [0.3, 0.4) is 0 Å². The van der Waals surface area contributed by atoms with E-state index in [2.05, 4.69) is 20.3 Å². The SMILES string of the molecule is CCCOc1nc(NCC)nc(N(CC)CCCO)n1. The Hall–Kier alpha value is -1.63. The molecule has 0 aliphatic carbocycles. The predicted molar refractivity (Wildman–Crippen MR) is 79.4 cm³/mol. The molecule has 0 aliphatic rings. The molecule has 0 radical (unpaired) electrons. The standard InChI is InChI=1S/C13H25N5O2/c1-4-10-20-13-16-11(14-5-2)15-12(17-13)18(6-3)8-7-9-19/h19H,4-10H2,1-3H3,(H,14,15,16,17). The summed E-state index contributed by atoms with van der Waals surface area (Å²) in [6.45, 7) is 8.99. The zero-order chi connectivity index (χ0) is 14.8. The molecule has 20 heavy (non-hydrogen) atoms. The molecule has 1 aromatic heterocycles. The molecule has 0 fully saturated rings. The summed E-state index contributed by atoms with van der Waals surface area (Å²) in [4.78, 5) is 14.9. The third-order valence-corrected chi connectivity index (χ3v) is 2.62. The molecule has 0 atom stereocenters. The van der Waals surface area contributed by atoms with Gasteiger partial charge < -0.3 is 20.1 Å². The van der Waals surface area contributed by atoms with Crippen LogP contribution in [0.2, 0.25) is 0 Å². The van der Waals surface area contributed by atoms with E-state index < -0.39 is 0 Å². The number of nitrogens with zero attached hydrogens (tertiary/aromatic N) is 4. The summed E-state index contributed by atoms with van der Waals surface area (Å²) < 4.78 is 5.50. The maximum absolute atomic E-state index is 8.95. The first-order valence-electron chi connectivity index (χ1n) is 7.23. The number of aliphatic hydroxyl groups is 1. The number of aromatic nitrogens is 3. The van der Waals surface area contributed by atoms with Crippen LogP contribution in [-0.4, -0.2) is 52.9 Å². The molecule has 0 spiro atoms. The molecular formula is C13H25N5O2. The van der Waals surface area contributed by atoms with Crippen LogP contribution in [0, 0.1) is 0 Å². The topological polar surface area (TPSA) is 83.4 Å². The fraction of sp³-hybridized carbons (Fsp3) is 0.769. The van der Waals surface area contributed by atoms with Crippen molar-refractivity contribution in [3.05, 3.63) is 0 Å². The van der Waals surface area contributed by atoms with E-state index in [9.17, 15) is 0 Å². The highest BCUT2D eigenvalue weighted by molar-refractivity contribution is 5.38. The summed E-state index contributed by atoms with van der Waals surface area (Å²) in [5.41, 5.74) is 0. The molecule has 114 valence electrons. The van der Waals surface area contributed by atoms with Gasteiger partial charge in [-0.2, -0.15) is 15.0 Å². The van der Waals surface area contributed by atoms with Gasteiger partial charge in [-0.25, -0.2) is 0 Å². The van der Waals surface area contributed by atoms with E-state index in [0.29, 0.717) is 37.5 Å². The van der Waals surface area contributed by atoms with Gasteiger partial charge >= 0.3 is 6.01 Å². The summed E-state index contributed by atoms with van der Waals surface area (Å²) in [5.74, 6) is 1.10. The first-order chi connectivity index (χ1) is 9.74. The van der Waals surface area contributed by atoms with Crippen LogP contribution in [0.1, 0.15) is 33.6 Å². The van der Waals surface area contributed by atoms with Crippen molar-refractivity contribution in [2.75, 3.05) is 43.1 Å². The molecule has 2 N–H and O–H groups in total. The Balaban J connectivity index is 2.92. The first-order valence-corrected chi connectivity index (χ1v) is 7.23. The Bertz CT molecular complexity index is 389. The molecule has 0 aliphatic heterocycles. The Morgan fingerprint density at radius 3 is 2.60 bits per heavy atom. The van der Waals surface area contributed by atoms with Crippen molar-refractivity contribution in [2.24, 2.45) is 0 Å². The predicted octanol–water partition coefficient (Wildman–Crippen LogP) is 1.30. The van der Waals surface area contributed by atoms with Gasteiger partial charge in [0.1, 0.15) is 0 Å².